The van der Waals surface area contributed by atoms with Crippen molar-refractivity contribution in [3.05, 3.63) is 246 Å². The Kier molecular flexibility index (Phi) is 52.2. The number of hydrogen-bond acceptors (Lipinski definition) is 20. The number of methoxy groups -OCH3 is 6. The summed E-state index contributed by atoms with van der Waals surface area (Å²) in [5, 5.41) is 22.1. The van der Waals surface area contributed by atoms with Crippen molar-refractivity contribution in [2.75, 3.05) is 42.7 Å². The Hall–Kier alpha value is -10.1. The van der Waals surface area contributed by atoms with Gasteiger partial charge in [-0.1, -0.05) is 223 Å². The highest BCUT2D eigenvalue weighted by Gasteiger charge is 2.48. The molecule has 5 aliphatic rings. The quantitative estimate of drug-likeness (QED) is 0.0355. The van der Waals surface area contributed by atoms with Crippen molar-refractivity contribution >= 4 is 41.0 Å². The third-order valence-corrected chi connectivity index (χ3v) is 25.2. The lowest BCUT2D eigenvalue weighted by molar-refractivity contribution is -0.154. The highest BCUT2D eigenvalue weighted by molar-refractivity contribution is 5.99. The molecule has 730 valence electrons. The zero-order valence-corrected chi connectivity index (χ0v) is 85.0. The Morgan fingerprint density at radius 2 is 0.621 bits per heavy atom. The smallest absolute Gasteiger partial charge is 0.309 e. The molecule has 20 heteroatoms. The molecule has 0 spiro atoms. The lowest BCUT2D eigenvalue weighted by Crippen LogP contribution is -2.42. The van der Waals surface area contributed by atoms with Gasteiger partial charge in [-0.2, -0.15) is 0 Å². The van der Waals surface area contributed by atoms with Gasteiger partial charge in [0.15, 0.2) is 35.2 Å². The summed E-state index contributed by atoms with van der Waals surface area (Å²) in [6.45, 7) is 42.4. The minimum atomic E-state index is -0.882. The molecule has 0 aromatic heterocycles. The van der Waals surface area contributed by atoms with Crippen molar-refractivity contribution < 1.29 is 95.9 Å². The second-order valence-corrected chi connectivity index (χ2v) is 37.1. The fraction of sp³-hybridized carbons (Fsp3) is 0.562. The first-order valence-electron chi connectivity index (χ1n) is 47.5. The molecule has 0 saturated carbocycles. The predicted molar refractivity (Wildman–Crippen MR) is 526 cm³/mol. The second kappa shape index (κ2) is 60.3. The Morgan fingerprint density at radius 1 is 0.341 bits per heavy atom. The summed E-state index contributed by atoms with van der Waals surface area (Å²) in [6, 6.07) is 19.4. The summed E-state index contributed by atoms with van der Waals surface area (Å²) in [6.07, 6.45) is 39.8. The normalized spacial score (nSPS) is 23.5. The number of aliphatic hydroxyl groups excluding tert-OH is 2. The Balaban J connectivity index is 0.000000368. The first-order chi connectivity index (χ1) is 62.7. The number of Topliss-reactive ketones (excluding diaryl/α,β-unsaturated/α-hetero) is 4. The molecular formula is C112H162O20. The number of esters is 3. The zero-order valence-electron chi connectivity index (χ0n) is 85.0. The minimum Gasteiger partial charge on any atom is -0.494 e. The summed E-state index contributed by atoms with van der Waals surface area (Å²) in [7, 11) is 8.72. The highest BCUT2D eigenvalue weighted by Crippen LogP contribution is 2.42. The van der Waals surface area contributed by atoms with Crippen molar-refractivity contribution in [2.24, 2.45) is 53.3 Å². The van der Waals surface area contributed by atoms with Crippen LogP contribution in [0.2, 0.25) is 0 Å². The summed E-state index contributed by atoms with van der Waals surface area (Å²) in [5.74, 6) is -2.10. The number of benzene rings is 2. The Bertz CT molecular complexity index is 4560. The molecule has 0 radical (unpaired) electrons. The lowest BCUT2D eigenvalue weighted by atomic mass is 9.77. The molecule has 0 amide bonds. The van der Waals surface area contributed by atoms with Crippen LogP contribution in [0.3, 0.4) is 0 Å². The standard InChI is InChI=1S/2C30H42O4.C26H38O7.C26H40O5/c1-21(2)12-10-13-22(3)14-11-15-23(4)18-19-26-24(5)27(31)30(29(33-6)28(26)32)34-20-25-16-8-7-9-17-25;1-21(2)12-10-13-22(3)14-11-15-23(4)18-19-26-24(5)27(31)29(33-6)30(28(26)32)34-20-25-16-8-7-9-17-25;1-15(9-8-10-16(2)13-20-14-17(3)26(29)33-20)11-12-21-18(4)22(28)24(30-6)25(31-7)23(21)32-19(5)27;1-17(2)11-9-12-18(3)13-10-14-19(4)15-16-22-20(5)23(28)25(29-7)26(30-8)24(22)31-21(6)27/h2*7-9,12,14,16-18,24,26,28,32H,10-11,13,15,19-20H2,1-6H3;10-11,17-18,20-21,23H,8-9,12-14H2,1-7H3;11,13,15,20,22,24H,9-10,12,14,16H2,1-8H3/b2*22-14+,23-18+;15-11+,16-10+;18-13+,19-15+. The van der Waals surface area contributed by atoms with Gasteiger partial charge in [-0.15, -0.1) is 0 Å². The van der Waals surface area contributed by atoms with Gasteiger partial charge in [0.05, 0.1) is 48.6 Å². The monoisotopic (exact) mass is 1830 g/mol. The fourth-order valence-corrected chi connectivity index (χ4v) is 16.8. The lowest BCUT2D eigenvalue weighted by Gasteiger charge is -2.35. The number of hydrogen-bond donors (Lipinski definition) is 2. The summed E-state index contributed by atoms with van der Waals surface area (Å²) in [5.41, 5.74) is 16.5. The molecule has 14 atom stereocenters. The summed E-state index contributed by atoms with van der Waals surface area (Å²) >= 11 is 0. The zero-order chi connectivity index (χ0) is 98.4. The SMILES string of the molecule is COC1=C(OC)C(OC(C)=O)C(C/C=C(\C)CC/C=C(\C)CC2CC(C)C(=O)O2)C(C)C1=O.COC1=C(OC)C(OC(C)=O)C(C/C=C(\C)CC/C=C(\C)CCC=C(C)C)C(C)C1=O.COC1=C(OCc2ccccc2)C(=O)C(C)C(C/C=C(\C)CC/C=C(\C)CCC=C(C)C)C1O.COC1=C(OCc2ccccc2)C(O)C(C/C=C(\C)CC/C=C(\C)CCC=C(C)C)C(C)C1=O. The molecule has 1 heterocycles. The van der Waals surface area contributed by atoms with Crippen LogP contribution in [0.1, 0.15) is 285 Å². The van der Waals surface area contributed by atoms with Crippen LogP contribution in [0, 0.1) is 53.3 Å². The molecular weight excluding hydrogens is 1670 g/mol. The molecule has 20 nitrogen and oxygen atoms in total. The van der Waals surface area contributed by atoms with Gasteiger partial charge in [0, 0.05) is 67.6 Å². The van der Waals surface area contributed by atoms with Crippen LogP contribution in [-0.4, -0.2) is 124 Å². The van der Waals surface area contributed by atoms with E-state index in [4.69, 9.17) is 52.1 Å². The summed E-state index contributed by atoms with van der Waals surface area (Å²) in [4.78, 5) is 86.6. The number of aliphatic hydroxyl groups is 2. The maximum absolute atomic E-state index is 13.1. The van der Waals surface area contributed by atoms with Gasteiger partial charge in [-0.05, 0) is 230 Å². The van der Waals surface area contributed by atoms with E-state index in [-0.39, 0.29) is 142 Å². The van der Waals surface area contributed by atoms with E-state index in [1.807, 2.05) is 95.3 Å². The van der Waals surface area contributed by atoms with E-state index in [2.05, 4.69) is 164 Å². The average Bonchev–Trinajstić information content (AvgIpc) is 0.868. The predicted octanol–water partition coefficient (Wildman–Crippen LogP) is 24.9. The Labute approximate surface area is 792 Å². The fourth-order valence-electron chi connectivity index (χ4n) is 16.8. The molecule has 132 heavy (non-hydrogen) atoms. The van der Waals surface area contributed by atoms with Gasteiger partial charge in [-0.25, -0.2) is 0 Å². The topological polar surface area (TPSA) is 261 Å². The number of ether oxygens (including phenoxy) is 11. The molecule has 1 aliphatic heterocycles. The van der Waals surface area contributed by atoms with Gasteiger partial charge in [0.1, 0.15) is 31.5 Å². The maximum Gasteiger partial charge on any atom is 0.309 e. The van der Waals surface area contributed by atoms with Crippen LogP contribution in [0.15, 0.2) is 235 Å². The molecule has 2 N–H and O–H groups in total. The number of allylic oxidation sites excluding steroid dienone is 25. The van der Waals surface area contributed by atoms with E-state index in [1.54, 1.807) is 0 Å². The van der Waals surface area contributed by atoms with Crippen molar-refractivity contribution in [2.45, 2.75) is 318 Å². The maximum atomic E-state index is 13.1. The molecule has 7 rings (SSSR count). The van der Waals surface area contributed by atoms with E-state index >= 15 is 0 Å². The first-order valence-corrected chi connectivity index (χ1v) is 47.5. The van der Waals surface area contributed by atoms with Crippen LogP contribution in [0.5, 0.6) is 0 Å². The number of rotatable bonds is 45. The van der Waals surface area contributed by atoms with Crippen molar-refractivity contribution in [1.82, 2.24) is 0 Å². The number of carbonyl (C=O) groups is 7. The number of carbonyl (C=O) groups excluding carboxylic acids is 7. The molecule has 4 aliphatic carbocycles. The van der Waals surface area contributed by atoms with Gasteiger partial charge in [0.25, 0.3) is 0 Å². The van der Waals surface area contributed by atoms with Gasteiger partial charge < -0.3 is 62.3 Å². The van der Waals surface area contributed by atoms with Crippen LogP contribution >= 0.6 is 0 Å². The van der Waals surface area contributed by atoms with Crippen LogP contribution in [0.4, 0.5) is 0 Å². The number of cyclic esters (lactones) is 1. The van der Waals surface area contributed by atoms with E-state index in [9.17, 15) is 43.8 Å². The van der Waals surface area contributed by atoms with Gasteiger partial charge >= 0.3 is 17.9 Å². The van der Waals surface area contributed by atoms with Crippen molar-refractivity contribution in [1.29, 1.82) is 0 Å². The summed E-state index contributed by atoms with van der Waals surface area (Å²) < 4.78 is 60.4. The second-order valence-electron chi connectivity index (χ2n) is 37.1. The third-order valence-electron chi connectivity index (χ3n) is 25.2. The van der Waals surface area contributed by atoms with E-state index in [1.165, 1.54) is 118 Å². The van der Waals surface area contributed by atoms with Crippen molar-refractivity contribution in [3.63, 3.8) is 0 Å². The molecule has 2 aromatic carbocycles. The van der Waals surface area contributed by atoms with E-state index in [0.717, 1.165) is 114 Å². The number of ketones is 4. The van der Waals surface area contributed by atoms with E-state index < -0.39 is 36.4 Å². The van der Waals surface area contributed by atoms with Gasteiger partial charge in [0.2, 0.25) is 46.2 Å². The molecule has 0 bridgehead atoms. The average molecular weight is 1830 g/mol. The first kappa shape index (κ1) is 114. The molecule has 14 unspecified atom stereocenters. The Morgan fingerprint density at radius 3 is 0.924 bits per heavy atom. The van der Waals surface area contributed by atoms with Crippen LogP contribution < -0.4 is 0 Å². The molecule has 2 aromatic rings. The molecule has 1 saturated heterocycles. The van der Waals surface area contributed by atoms with Gasteiger partial charge in [-0.3, -0.25) is 33.6 Å². The molecule has 1 fully saturated rings. The van der Waals surface area contributed by atoms with Crippen LogP contribution in [0.25, 0.3) is 0 Å². The largest absolute Gasteiger partial charge is 0.494 e. The highest BCUT2D eigenvalue weighted by atomic mass is 16.6. The minimum absolute atomic E-state index is 0.00807. The third kappa shape index (κ3) is 38.5. The van der Waals surface area contributed by atoms with Crippen LogP contribution in [-0.2, 0) is 98.9 Å². The van der Waals surface area contributed by atoms with E-state index in [0.29, 0.717) is 31.4 Å². The van der Waals surface area contributed by atoms with Crippen molar-refractivity contribution in [3.8, 4) is 0 Å².